The number of thiocarbonyl (C=S) groups is 1. The second-order valence-electron chi connectivity index (χ2n) is 3.28. The normalized spacial score (nSPS) is 13.2. The topological polar surface area (TPSA) is 79.5 Å². The molecule has 0 aliphatic heterocycles. The van der Waals surface area contributed by atoms with Crippen LogP contribution >= 0.6 is 12.2 Å². The molecule has 0 aliphatic rings. The molecule has 8 heteroatoms. The maximum Gasteiger partial charge on any atom is 0.213 e. The van der Waals surface area contributed by atoms with Crippen LogP contribution in [-0.2, 0) is 14.8 Å². The van der Waals surface area contributed by atoms with E-state index in [-0.39, 0.29) is 18.3 Å². The Morgan fingerprint density at radius 3 is 2.62 bits per heavy atom. The van der Waals surface area contributed by atoms with E-state index in [1.807, 2.05) is 6.92 Å². The monoisotopic (exact) mass is 269 g/mol. The van der Waals surface area contributed by atoms with Gasteiger partial charge < -0.3 is 15.4 Å². The Morgan fingerprint density at radius 1 is 1.50 bits per heavy atom. The number of sulfonamides is 1. The fraction of sp³-hybridized carbons (Fsp3) is 0.875. The maximum absolute atomic E-state index is 11.1. The van der Waals surface area contributed by atoms with Gasteiger partial charge in [-0.15, -0.1) is 0 Å². The van der Waals surface area contributed by atoms with Crippen LogP contribution in [0.25, 0.3) is 0 Å². The lowest BCUT2D eigenvalue weighted by Crippen LogP contribution is -2.44. The summed E-state index contributed by atoms with van der Waals surface area (Å²) in [6.07, 6.45) is 0. The SMILES string of the molecule is CNS(=O)(=O)CCNC(=S)NC(C)COC. The fourth-order valence-electron chi connectivity index (χ4n) is 0.967. The molecule has 6 nitrogen and oxygen atoms in total. The van der Waals surface area contributed by atoms with E-state index in [0.29, 0.717) is 11.7 Å². The molecule has 1 unspecified atom stereocenters. The summed E-state index contributed by atoms with van der Waals surface area (Å²) in [4.78, 5) is 0. The van der Waals surface area contributed by atoms with Gasteiger partial charge in [0.15, 0.2) is 5.11 Å². The van der Waals surface area contributed by atoms with Crippen LogP contribution in [0, 0.1) is 0 Å². The molecule has 0 heterocycles. The lowest BCUT2D eigenvalue weighted by atomic mass is 10.4. The minimum Gasteiger partial charge on any atom is -0.383 e. The number of hydrogen-bond acceptors (Lipinski definition) is 4. The van der Waals surface area contributed by atoms with E-state index in [1.165, 1.54) is 7.05 Å². The number of rotatable bonds is 7. The molecule has 3 N–H and O–H groups in total. The molecular weight excluding hydrogens is 250 g/mol. The Morgan fingerprint density at radius 2 is 2.12 bits per heavy atom. The van der Waals surface area contributed by atoms with Gasteiger partial charge >= 0.3 is 0 Å². The van der Waals surface area contributed by atoms with Crippen molar-refractivity contribution < 1.29 is 13.2 Å². The second kappa shape index (κ2) is 7.77. The van der Waals surface area contributed by atoms with E-state index in [2.05, 4.69) is 15.4 Å². The average molecular weight is 269 g/mol. The number of methoxy groups -OCH3 is 1. The van der Waals surface area contributed by atoms with Crippen LogP contribution in [0.2, 0.25) is 0 Å². The van der Waals surface area contributed by atoms with Crippen LogP contribution in [0.4, 0.5) is 0 Å². The van der Waals surface area contributed by atoms with Gasteiger partial charge in [0.25, 0.3) is 0 Å². The third-order valence-corrected chi connectivity index (χ3v) is 3.39. The van der Waals surface area contributed by atoms with Crippen LogP contribution in [0.5, 0.6) is 0 Å². The first-order valence-corrected chi connectivity index (χ1v) is 6.92. The summed E-state index contributed by atoms with van der Waals surface area (Å²) in [5, 5.41) is 6.20. The fourth-order valence-corrected chi connectivity index (χ4v) is 1.85. The van der Waals surface area contributed by atoms with Crippen LogP contribution in [-0.4, -0.2) is 52.6 Å². The highest BCUT2D eigenvalue weighted by Crippen LogP contribution is 1.83. The van der Waals surface area contributed by atoms with Crippen molar-refractivity contribution in [3.8, 4) is 0 Å². The Hall–Kier alpha value is -0.440. The Balaban J connectivity index is 3.74. The van der Waals surface area contributed by atoms with Crippen LogP contribution in [0.1, 0.15) is 6.92 Å². The molecule has 0 bridgehead atoms. The van der Waals surface area contributed by atoms with Crippen molar-refractivity contribution in [3.05, 3.63) is 0 Å². The summed E-state index contributed by atoms with van der Waals surface area (Å²) < 4.78 is 29.3. The van der Waals surface area contributed by atoms with E-state index < -0.39 is 10.0 Å². The standard InChI is InChI=1S/C8H19N3O3S2/c1-7(6-14-3)11-8(15)10-4-5-16(12,13)9-2/h7,9H,4-6H2,1-3H3,(H2,10,11,15). The van der Waals surface area contributed by atoms with Gasteiger partial charge in [-0.05, 0) is 26.2 Å². The van der Waals surface area contributed by atoms with Gasteiger partial charge in [-0.2, -0.15) is 0 Å². The molecule has 0 aromatic carbocycles. The predicted octanol–water partition coefficient (Wildman–Crippen LogP) is -0.965. The zero-order chi connectivity index (χ0) is 12.6. The first-order chi connectivity index (χ1) is 7.41. The molecule has 0 aromatic rings. The van der Waals surface area contributed by atoms with Crippen molar-refractivity contribution in [2.75, 3.05) is 33.1 Å². The van der Waals surface area contributed by atoms with Crippen molar-refractivity contribution in [1.82, 2.24) is 15.4 Å². The van der Waals surface area contributed by atoms with Crippen molar-refractivity contribution in [3.63, 3.8) is 0 Å². The molecule has 0 fully saturated rings. The molecule has 0 rings (SSSR count). The minimum atomic E-state index is -3.18. The van der Waals surface area contributed by atoms with Crippen molar-refractivity contribution in [2.24, 2.45) is 0 Å². The second-order valence-corrected chi connectivity index (χ2v) is 5.73. The van der Waals surface area contributed by atoms with Gasteiger partial charge in [-0.1, -0.05) is 0 Å². The first-order valence-electron chi connectivity index (χ1n) is 4.86. The third kappa shape index (κ3) is 7.80. The predicted molar refractivity (Wildman–Crippen MR) is 67.9 cm³/mol. The number of hydrogen-bond donors (Lipinski definition) is 3. The molecule has 0 saturated carbocycles. The van der Waals surface area contributed by atoms with E-state index in [1.54, 1.807) is 7.11 Å². The quantitative estimate of drug-likeness (QED) is 0.516. The van der Waals surface area contributed by atoms with Crippen molar-refractivity contribution in [1.29, 1.82) is 0 Å². The Kier molecular flexibility index (Phi) is 7.56. The van der Waals surface area contributed by atoms with Gasteiger partial charge in [0.1, 0.15) is 0 Å². The van der Waals surface area contributed by atoms with Crippen LogP contribution < -0.4 is 15.4 Å². The van der Waals surface area contributed by atoms with Gasteiger partial charge in [0, 0.05) is 19.7 Å². The van der Waals surface area contributed by atoms with Gasteiger partial charge in [0.05, 0.1) is 12.4 Å². The lowest BCUT2D eigenvalue weighted by molar-refractivity contribution is 0.179. The Labute approximate surface area is 102 Å². The number of nitrogens with one attached hydrogen (secondary N) is 3. The molecule has 0 saturated heterocycles. The molecule has 0 aliphatic carbocycles. The molecule has 0 radical (unpaired) electrons. The zero-order valence-electron chi connectivity index (χ0n) is 9.74. The van der Waals surface area contributed by atoms with E-state index in [0.717, 1.165) is 0 Å². The maximum atomic E-state index is 11.1. The average Bonchev–Trinajstić information content (AvgIpc) is 2.17. The molecule has 0 aromatic heterocycles. The smallest absolute Gasteiger partial charge is 0.213 e. The zero-order valence-corrected chi connectivity index (χ0v) is 11.4. The summed E-state index contributed by atoms with van der Waals surface area (Å²) >= 11 is 4.98. The minimum absolute atomic E-state index is 0.00994. The van der Waals surface area contributed by atoms with Gasteiger partial charge in [-0.3, -0.25) is 0 Å². The van der Waals surface area contributed by atoms with Gasteiger partial charge in [0.2, 0.25) is 10.0 Å². The largest absolute Gasteiger partial charge is 0.383 e. The third-order valence-electron chi connectivity index (χ3n) is 1.76. The molecular formula is C8H19N3O3S2. The van der Waals surface area contributed by atoms with E-state index in [9.17, 15) is 8.42 Å². The molecule has 0 spiro atoms. The highest BCUT2D eigenvalue weighted by atomic mass is 32.2. The summed E-state index contributed by atoms with van der Waals surface area (Å²) in [6.45, 7) is 2.73. The highest BCUT2D eigenvalue weighted by Gasteiger charge is 2.07. The first kappa shape index (κ1) is 15.6. The molecule has 0 amide bonds. The lowest BCUT2D eigenvalue weighted by Gasteiger charge is -2.15. The molecule has 1 atom stereocenters. The van der Waals surface area contributed by atoms with Crippen molar-refractivity contribution >= 4 is 27.4 Å². The highest BCUT2D eigenvalue weighted by molar-refractivity contribution is 7.89. The summed E-state index contributed by atoms with van der Waals surface area (Å²) in [5.74, 6) is -0.00994. The summed E-state index contributed by atoms with van der Waals surface area (Å²) in [6, 6.07) is 0.0888. The van der Waals surface area contributed by atoms with E-state index in [4.69, 9.17) is 17.0 Å². The van der Waals surface area contributed by atoms with Crippen molar-refractivity contribution in [2.45, 2.75) is 13.0 Å². The van der Waals surface area contributed by atoms with E-state index >= 15 is 0 Å². The van der Waals surface area contributed by atoms with Crippen LogP contribution in [0.3, 0.4) is 0 Å². The molecule has 16 heavy (non-hydrogen) atoms. The van der Waals surface area contributed by atoms with Gasteiger partial charge in [-0.25, -0.2) is 13.1 Å². The Bertz CT molecular complexity index is 306. The number of ether oxygens (including phenoxy) is 1. The molecule has 96 valence electrons. The van der Waals surface area contributed by atoms with Crippen LogP contribution in [0.15, 0.2) is 0 Å². The summed E-state index contributed by atoms with van der Waals surface area (Å²) in [5.41, 5.74) is 0. The summed E-state index contributed by atoms with van der Waals surface area (Å²) in [7, 11) is -0.192.